The molecule has 1 aromatic carbocycles. The molecule has 0 saturated heterocycles. The summed E-state index contributed by atoms with van der Waals surface area (Å²) in [5, 5.41) is 0.928. The zero-order valence-electron chi connectivity index (χ0n) is 14.7. The van der Waals surface area contributed by atoms with Crippen molar-refractivity contribution in [2.75, 3.05) is 14.1 Å². The van der Waals surface area contributed by atoms with Crippen LogP contribution in [0.1, 0.15) is 33.9 Å². The second kappa shape index (κ2) is 6.37. The maximum atomic E-state index is 12.0. The number of furan rings is 1. The summed E-state index contributed by atoms with van der Waals surface area (Å²) in [6.07, 6.45) is 2.63. The SMILES string of the molecule is CN(C)C(=O)c1ccc(COc2ccc3oc(=O)c4c(c3c2)CCC4)o1. The molecule has 0 spiro atoms. The van der Waals surface area contributed by atoms with E-state index in [1.165, 1.54) is 4.90 Å². The highest BCUT2D eigenvalue weighted by atomic mass is 16.5. The van der Waals surface area contributed by atoms with Gasteiger partial charge in [-0.3, -0.25) is 4.79 Å². The van der Waals surface area contributed by atoms with Gasteiger partial charge in [0.05, 0.1) is 0 Å². The molecule has 0 unspecified atom stereocenters. The minimum atomic E-state index is -0.229. The van der Waals surface area contributed by atoms with Gasteiger partial charge in [0.2, 0.25) is 0 Å². The zero-order valence-corrected chi connectivity index (χ0v) is 14.7. The zero-order chi connectivity index (χ0) is 18.3. The smallest absolute Gasteiger partial charge is 0.339 e. The molecule has 6 nitrogen and oxygen atoms in total. The molecule has 0 radical (unpaired) electrons. The molecule has 1 amide bonds. The quantitative estimate of drug-likeness (QED) is 0.674. The first kappa shape index (κ1) is 16.4. The Bertz CT molecular complexity index is 1040. The summed E-state index contributed by atoms with van der Waals surface area (Å²) in [6.45, 7) is 0.213. The Morgan fingerprint density at radius 1 is 1.12 bits per heavy atom. The van der Waals surface area contributed by atoms with E-state index in [-0.39, 0.29) is 23.9 Å². The fourth-order valence-corrected chi connectivity index (χ4v) is 3.30. The average molecular weight is 353 g/mol. The second-order valence-corrected chi connectivity index (χ2v) is 6.61. The molecule has 4 rings (SSSR count). The first-order chi connectivity index (χ1) is 12.5. The minimum absolute atomic E-state index is 0.187. The Labute approximate surface area is 150 Å². The minimum Gasteiger partial charge on any atom is -0.486 e. The first-order valence-corrected chi connectivity index (χ1v) is 8.54. The number of ether oxygens (including phenoxy) is 1. The number of amides is 1. The lowest BCUT2D eigenvalue weighted by atomic mass is 10.1. The molecular weight excluding hydrogens is 334 g/mol. The topological polar surface area (TPSA) is 72.9 Å². The largest absolute Gasteiger partial charge is 0.486 e. The van der Waals surface area contributed by atoms with Crippen LogP contribution in [0, 0.1) is 0 Å². The Kier molecular flexibility index (Phi) is 4.03. The lowest BCUT2D eigenvalue weighted by Gasteiger charge is -2.08. The van der Waals surface area contributed by atoms with E-state index in [4.69, 9.17) is 13.6 Å². The third kappa shape index (κ3) is 2.87. The number of hydrogen-bond donors (Lipinski definition) is 0. The van der Waals surface area contributed by atoms with Gasteiger partial charge in [-0.05, 0) is 55.2 Å². The molecule has 0 N–H and O–H groups in total. The molecule has 0 saturated carbocycles. The Morgan fingerprint density at radius 3 is 2.73 bits per heavy atom. The van der Waals surface area contributed by atoms with Gasteiger partial charge in [-0.1, -0.05) is 0 Å². The Hall–Kier alpha value is -3.02. The summed E-state index contributed by atoms with van der Waals surface area (Å²) in [7, 11) is 3.35. The number of nitrogens with zero attached hydrogens (tertiary/aromatic N) is 1. The number of carbonyl (C=O) groups excluding carboxylic acids is 1. The standard InChI is InChI=1S/C20H19NO5/c1-21(2)19(22)18-9-7-13(25-18)11-24-12-6-8-17-16(10-12)14-4-3-5-15(14)20(23)26-17/h6-10H,3-5,11H2,1-2H3. The molecule has 6 heteroatoms. The number of fused-ring (bicyclic) bond motifs is 3. The van der Waals surface area contributed by atoms with Gasteiger partial charge in [0, 0.05) is 25.0 Å². The molecule has 0 fully saturated rings. The summed E-state index contributed by atoms with van der Waals surface area (Å²) < 4.78 is 16.7. The van der Waals surface area contributed by atoms with Crippen LogP contribution in [0.5, 0.6) is 5.75 Å². The van der Waals surface area contributed by atoms with Crippen LogP contribution in [-0.2, 0) is 19.4 Å². The highest BCUT2D eigenvalue weighted by Gasteiger charge is 2.20. The second-order valence-electron chi connectivity index (χ2n) is 6.61. The van der Waals surface area contributed by atoms with E-state index in [9.17, 15) is 9.59 Å². The Morgan fingerprint density at radius 2 is 1.92 bits per heavy atom. The van der Waals surface area contributed by atoms with Crippen molar-refractivity contribution in [2.45, 2.75) is 25.9 Å². The van der Waals surface area contributed by atoms with Crippen molar-refractivity contribution in [3.8, 4) is 5.75 Å². The van der Waals surface area contributed by atoms with Gasteiger partial charge in [0.1, 0.15) is 23.7 Å². The van der Waals surface area contributed by atoms with Gasteiger partial charge >= 0.3 is 5.63 Å². The van der Waals surface area contributed by atoms with Crippen molar-refractivity contribution in [3.05, 3.63) is 63.4 Å². The van der Waals surface area contributed by atoms with Crippen LogP contribution in [0.2, 0.25) is 0 Å². The van der Waals surface area contributed by atoms with E-state index >= 15 is 0 Å². The predicted molar refractivity (Wildman–Crippen MR) is 95.6 cm³/mol. The molecule has 26 heavy (non-hydrogen) atoms. The van der Waals surface area contributed by atoms with Crippen molar-refractivity contribution >= 4 is 16.9 Å². The summed E-state index contributed by atoms with van der Waals surface area (Å²) in [6, 6.07) is 8.80. The van der Waals surface area contributed by atoms with Gasteiger partial charge in [-0.2, -0.15) is 0 Å². The van der Waals surface area contributed by atoms with Gasteiger partial charge < -0.3 is 18.5 Å². The average Bonchev–Trinajstić information content (AvgIpc) is 3.29. The van der Waals surface area contributed by atoms with Crippen LogP contribution < -0.4 is 10.4 Å². The fourth-order valence-electron chi connectivity index (χ4n) is 3.30. The van der Waals surface area contributed by atoms with Gasteiger partial charge in [-0.15, -0.1) is 0 Å². The van der Waals surface area contributed by atoms with E-state index in [0.29, 0.717) is 17.1 Å². The maximum Gasteiger partial charge on any atom is 0.339 e. The van der Waals surface area contributed by atoms with Crippen LogP contribution in [-0.4, -0.2) is 24.9 Å². The highest BCUT2D eigenvalue weighted by molar-refractivity contribution is 5.91. The summed E-state index contributed by atoms with van der Waals surface area (Å²) >= 11 is 0. The van der Waals surface area contributed by atoms with Crippen molar-refractivity contribution in [1.29, 1.82) is 0 Å². The van der Waals surface area contributed by atoms with Crippen LogP contribution >= 0.6 is 0 Å². The number of hydrogen-bond acceptors (Lipinski definition) is 5. The molecule has 1 aliphatic rings. The van der Waals surface area contributed by atoms with Crippen molar-refractivity contribution in [2.24, 2.45) is 0 Å². The molecular formula is C20H19NO5. The van der Waals surface area contributed by atoms with Crippen molar-refractivity contribution in [1.82, 2.24) is 4.90 Å². The van der Waals surface area contributed by atoms with Crippen LogP contribution in [0.25, 0.3) is 11.0 Å². The van der Waals surface area contributed by atoms with Crippen molar-refractivity contribution in [3.63, 3.8) is 0 Å². The normalized spacial score (nSPS) is 13.0. The first-order valence-electron chi connectivity index (χ1n) is 8.54. The number of rotatable bonds is 4. The summed E-state index contributed by atoms with van der Waals surface area (Å²) in [4.78, 5) is 25.3. The molecule has 0 atom stereocenters. The molecule has 1 aliphatic carbocycles. The van der Waals surface area contributed by atoms with Gasteiger partial charge in [0.25, 0.3) is 5.91 Å². The van der Waals surface area contributed by atoms with Crippen LogP contribution in [0.15, 0.2) is 44.0 Å². The lowest BCUT2D eigenvalue weighted by Crippen LogP contribution is -2.20. The fraction of sp³-hybridized carbons (Fsp3) is 0.300. The van der Waals surface area contributed by atoms with E-state index in [0.717, 1.165) is 35.8 Å². The molecule has 2 heterocycles. The summed E-state index contributed by atoms with van der Waals surface area (Å²) in [5.41, 5.74) is 2.21. The molecule has 2 aromatic heterocycles. The molecule has 0 bridgehead atoms. The monoisotopic (exact) mass is 353 g/mol. The lowest BCUT2D eigenvalue weighted by molar-refractivity contribution is 0.0792. The third-order valence-electron chi connectivity index (χ3n) is 4.60. The van der Waals surface area contributed by atoms with E-state index in [1.807, 2.05) is 6.07 Å². The molecule has 3 aromatic rings. The van der Waals surface area contributed by atoms with Crippen molar-refractivity contribution < 1.29 is 18.4 Å². The van der Waals surface area contributed by atoms with E-state index in [2.05, 4.69) is 0 Å². The Balaban J connectivity index is 1.56. The number of aryl methyl sites for hydroxylation is 1. The molecule has 0 aliphatic heterocycles. The highest BCUT2D eigenvalue weighted by Crippen LogP contribution is 2.30. The van der Waals surface area contributed by atoms with E-state index in [1.54, 1.807) is 38.4 Å². The van der Waals surface area contributed by atoms with Crippen LogP contribution in [0.4, 0.5) is 0 Å². The maximum absolute atomic E-state index is 12.0. The number of carbonyl (C=O) groups is 1. The summed E-state index contributed by atoms with van der Waals surface area (Å²) in [5.74, 6) is 1.33. The van der Waals surface area contributed by atoms with Crippen LogP contribution in [0.3, 0.4) is 0 Å². The van der Waals surface area contributed by atoms with E-state index < -0.39 is 0 Å². The predicted octanol–water partition coefficient (Wildman–Crippen LogP) is 3.16. The number of benzene rings is 1. The van der Waals surface area contributed by atoms with Gasteiger partial charge in [-0.25, -0.2) is 4.79 Å². The molecule has 134 valence electrons. The van der Waals surface area contributed by atoms with Gasteiger partial charge in [0.15, 0.2) is 5.76 Å². The third-order valence-corrected chi connectivity index (χ3v) is 4.60.